The van der Waals surface area contributed by atoms with Crippen LogP contribution in [0.1, 0.15) is 51.6 Å². The SMILES string of the molecule is CCCCOC(=O)c1cc(C)c(OC(=O)c2c3ccccc3nc3c(OC)cc(OC)cc23)c(C)c1. The van der Waals surface area contributed by atoms with E-state index >= 15 is 0 Å². The van der Waals surface area contributed by atoms with Crippen molar-refractivity contribution in [2.75, 3.05) is 20.8 Å². The number of unbranched alkanes of at least 4 members (excludes halogenated alkanes) is 1. The van der Waals surface area contributed by atoms with Crippen LogP contribution in [0.15, 0.2) is 48.5 Å². The van der Waals surface area contributed by atoms with Gasteiger partial charge in [-0.25, -0.2) is 14.6 Å². The number of aryl methyl sites for hydroxylation is 2. The van der Waals surface area contributed by atoms with Crippen LogP contribution in [0, 0.1) is 13.8 Å². The number of ether oxygens (including phenoxy) is 4. The number of esters is 2. The van der Waals surface area contributed by atoms with E-state index in [9.17, 15) is 9.59 Å². The lowest BCUT2D eigenvalue weighted by Crippen LogP contribution is -2.13. The highest BCUT2D eigenvalue weighted by Crippen LogP contribution is 2.36. The maximum absolute atomic E-state index is 13.7. The number of nitrogens with zero attached hydrogens (tertiary/aromatic N) is 1. The topological polar surface area (TPSA) is 84.0 Å². The number of aromatic nitrogens is 1. The average molecular weight is 488 g/mol. The Morgan fingerprint density at radius 3 is 2.28 bits per heavy atom. The van der Waals surface area contributed by atoms with E-state index in [2.05, 4.69) is 0 Å². The molecule has 0 aliphatic carbocycles. The van der Waals surface area contributed by atoms with E-state index in [4.69, 9.17) is 23.9 Å². The Morgan fingerprint density at radius 1 is 0.889 bits per heavy atom. The molecule has 1 aromatic heterocycles. The lowest BCUT2D eigenvalue weighted by Gasteiger charge is -2.16. The van der Waals surface area contributed by atoms with E-state index in [-0.39, 0.29) is 0 Å². The van der Waals surface area contributed by atoms with Crippen molar-refractivity contribution in [3.05, 3.63) is 70.8 Å². The van der Waals surface area contributed by atoms with Gasteiger partial charge in [0.25, 0.3) is 0 Å². The maximum atomic E-state index is 13.7. The first-order valence-electron chi connectivity index (χ1n) is 11.8. The molecule has 0 atom stereocenters. The largest absolute Gasteiger partial charge is 0.497 e. The number of fused-ring (bicyclic) bond motifs is 2. The first kappa shape index (κ1) is 25.0. The Morgan fingerprint density at radius 2 is 1.61 bits per heavy atom. The van der Waals surface area contributed by atoms with E-state index in [1.165, 1.54) is 0 Å². The molecular formula is C29H29NO6. The highest BCUT2D eigenvalue weighted by molar-refractivity contribution is 6.16. The molecule has 3 aromatic carbocycles. The Kier molecular flexibility index (Phi) is 7.38. The molecule has 0 unspecified atom stereocenters. The smallest absolute Gasteiger partial charge is 0.344 e. The van der Waals surface area contributed by atoms with E-state index in [1.807, 2.05) is 31.2 Å². The van der Waals surface area contributed by atoms with Gasteiger partial charge in [0.2, 0.25) is 0 Å². The molecule has 0 spiro atoms. The number of pyridine rings is 1. The number of carbonyl (C=O) groups is 2. The summed E-state index contributed by atoms with van der Waals surface area (Å²) in [6, 6.07) is 14.2. The molecule has 0 radical (unpaired) electrons. The van der Waals surface area contributed by atoms with Crippen LogP contribution < -0.4 is 14.2 Å². The number of hydrogen-bond acceptors (Lipinski definition) is 7. The van der Waals surface area contributed by atoms with Crippen LogP contribution in [-0.2, 0) is 4.74 Å². The Balaban J connectivity index is 1.79. The number of para-hydroxylation sites is 1. The molecule has 0 amide bonds. The summed E-state index contributed by atoms with van der Waals surface area (Å²) in [4.78, 5) is 30.9. The molecule has 186 valence electrons. The normalized spacial score (nSPS) is 10.9. The zero-order valence-corrected chi connectivity index (χ0v) is 21.1. The minimum Gasteiger partial charge on any atom is -0.497 e. The van der Waals surface area contributed by atoms with Crippen molar-refractivity contribution in [3.8, 4) is 17.2 Å². The van der Waals surface area contributed by atoms with Crippen LogP contribution in [0.25, 0.3) is 21.8 Å². The molecule has 1 heterocycles. The summed E-state index contributed by atoms with van der Waals surface area (Å²) in [7, 11) is 3.10. The summed E-state index contributed by atoms with van der Waals surface area (Å²) in [5.74, 6) is 0.483. The third-order valence-electron chi connectivity index (χ3n) is 6.01. The van der Waals surface area contributed by atoms with Gasteiger partial charge in [0.1, 0.15) is 22.8 Å². The minimum absolute atomic E-state index is 0.356. The third-order valence-corrected chi connectivity index (χ3v) is 6.01. The summed E-state index contributed by atoms with van der Waals surface area (Å²) >= 11 is 0. The zero-order valence-electron chi connectivity index (χ0n) is 21.1. The van der Waals surface area contributed by atoms with Crippen molar-refractivity contribution in [2.45, 2.75) is 33.6 Å². The molecule has 0 N–H and O–H groups in total. The highest BCUT2D eigenvalue weighted by atomic mass is 16.5. The van der Waals surface area contributed by atoms with Crippen LogP contribution in [-0.4, -0.2) is 37.7 Å². The van der Waals surface area contributed by atoms with Crippen molar-refractivity contribution in [2.24, 2.45) is 0 Å². The van der Waals surface area contributed by atoms with Crippen molar-refractivity contribution in [3.63, 3.8) is 0 Å². The number of methoxy groups -OCH3 is 2. The van der Waals surface area contributed by atoms with Crippen LogP contribution >= 0.6 is 0 Å². The molecule has 4 rings (SSSR count). The highest BCUT2D eigenvalue weighted by Gasteiger charge is 2.23. The Labute approximate surface area is 209 Å². The van der Waals surface area contributed by atoms with Gasteiger partial charge in [-0.2, -0.15) is 0 Å². The first-order chi connectivity index (χ1) is 17.4. The lowest BCUT2D eigenvalue weighted by atomic mass is 10.0. The molecule has 0 saturated carbocycles. The predicted molar refractivity (Wildman–Crippen MR) is 138 cm³/mol. The molecule has 0 aliphatic heterocycles. The van der Waals surface area contributed by atoms with Crippen LogP contribution in [0.2, 0.25) is 0 Å². The molecule has 0 aliphatic rings. The third kappa shape index (κ3) is 4.82. The standard InChI is InChI=1S/C29H29NO6/c1-6-7-12-35-28(31)19-13-17(2)27(18(3)14-19)36-29(32)25-21-10-8-9-11-23(21)30-26-22(25)15-20(33-4)16-24(26)34-5/h8-11,13-16H,6-7,12H2,1-5H3. The van der Waals surface area contributed by atoms with Gasteiger partial charge in [0.15, 0.2) is 0 Å². The summed E-state index contributed by atoms with van der Waals surface area (Å²) in [6.45, 7) is 6.01. The van der Waals surface area contributed by atoms with Gasteiger partial charge >= 0.3 is 11.9 Å². The van der Waals surface area contributed by atoms with Crippen LogP contribution in [0.5, 0.6) is 17.2 Å². The minimum atomic E-state index is -0.543. The maximum Gasteiger partial charge on any atom is 0.344 e. The number of rotatable bonds is 8. The molecule has 4 aromatic rings. The second kappa shape index (κ2) is 10.6. The summed E-state index contributed by atoms with van der Waals surface area (Å²) < 4.78 is 22.3. The van der Waals surface area contributed by atoms with Crippen LogP contribution in [0.3, 0.4) is 0 Å². The second-order valence-electron chi connectivity index (χ2n) is 8.55. The number of carbonyl (C=O) groups excluding carboxylic acids is 2. The van der Waals surface area contributed by atoms with E-state index < -0.39 is 11.9 Å². The molecule has 0 bridgehead atoms. The molecule has 36 heavy (non-hydrogen) atoms. The average Bonchev–Trinajstić information content (AvgIpc) is 2.88. The van der Waals surface area contributed by atoms with E-state index in [1.54, 1.807) is 52.3 Å². The van der Waals surface area contributed by atoms with E-state index in [0.717, 1.165) is 12.8 Å². The predicted octanol–water partition coefficient (Wildman–Crippen LogP) is 6.20. The Bertz CT molecular complexity index is 1440. The molecule has 0 saturated heterocycles. The first-order valence-corrected chi connectivity index (χ1v) is 11.8. The van der Waals surface area contributed by atoms with Gasteiger partial charge in [-0.05, 0) is 55.7 Å². The molecule has 7 heteroatoms. The van der Waals surface area contributed by atoms with Gasteiger partial charge in [-0.15, -0.1) is 0 Å². The van der Waals surface area contributed by atoms with E-state index in [0.29, 0.717) is 67.9 Å². The van der Waals surface area contributed by atoms with Gasteiger partial charge in [-0.1, -0.05) is 31.5 Å². The number of hydrogen-bond donors (Lipinski definition) is 0. The van der Waals surface area contributed by atoms with Crippen molar-refractivity contribution in [1.82, 2.24) is 4.98 Å². The molecule has 0 fully saturated rings. The summed E-state index contributed by atoms with van der Waals surface area (Å²) in [6.07, 6.45) is 1.75. The molecular weight excluding hydrogens is 458 g/mol. The fourth-order valence-electron chi connectivity index (χ4n) is 4.20. The fraction of sp³-hybridized carbons (Fsp3) is 0.276. The molecule has 7 nitrogen and oxygen atoms in total. The Hall–Kier alpha value is -4.13. The summed E-state index contributed by atoms with van der Waals surface area (Å²) in [5, 5.41) is 1.21. The quantitative estimate of drug-likeness (QED) is 0.127. The van der Waals surface area contributed by atoms with Gasteiger partial charge in [0.05, 0.1) is 37.5 Å². The van der Waals surface area contributed by atoms with Crippen LogP contribution in [0.4, 0.5) is 0 Å². The lowest BCUT2D eigenvalue weighted by molar-refractivity contribution is 0.0499. The van der Waals surface area contributed by atoms with Gasteiger partial charge in [0, 0.05) is 16.8 Å². The zero-order chi connectivity index (χ0) is 25.8. The van der Waals surface area contributed by atoms with Crippen molar-refractivity contribution in [1.29, 1.82) is 0 Å². The second-order valence-corrected chi connectivity index (χ2v) is 8.55. The van der Waals surface area contributed by atoms with Gasteiger partial charge in [-0.3, -0.25) is 0 Å². The van der Waals surface area contributed by atoms with Crippen molar-refractivity contribution < 1.29 is 28.5 Å². The number of benzene rings is 3. The fourth-order valence-corrected chi connectivity index (χ4v) is 4.20. The summed E-state index contributed by atoms with van der Waals surface area (Å²) in [5.41, 5.74) is 3.26. The van der Waals surface area contributed by atoms with Gasteiger partial charge < -0.3 is 18.9 Å². The van der Waals surface area contributed by atoms with Crippen molar-refractivity contribution >= 4 is 33.7 Å². The monoisotopic (exact) mass is 487 g/mol.